The Morgan fingerprint density at radius 3 is 2.67 bits per heavy atom. The second-order valence-corrected chi connectivity index (χ2v) is 7.24. The van der Waals surface area contributed by atoms with Crippen LogP contribution in [0.15, 0.2) is 52.7 Å². The first kappa shape index (κ1) is 19.0. The highest BCUT2D eigenvalue weighted by Crippen LogP contribution is 2.26. The van der Waals surface area contributed by atoms with Crippen LogP contribution in [0.4, 0.5) is 0 Å². The summed E-state index contributed by atoms with van der Waals surface area (Å²) in [6.45, 7) is 2.12. The van der Waals surface area contributed by atoms with Crippen molar-refractivity contribution < 1.29 is 14.6 Å². The molecule has 2 aromatic rings. The van der Waals surface area contributed by atoms with Gasteiger partial charge in [0.15, 0.2) is 16.7 Å². The van der Waals surface area contributed by atoms with E-state index >= 15 is 0 Å². The molecule has 1 aliphatic heterocycles. The molecule has 1 saturated heterocycles. The van der Waals surface area contributed by atoms with Gasteiger partial charge in [0, 0.05) is 0 Å². The van der Waals surface area contributed by atoms with Gasteiger partial charge >= 0.3 is 0 Å². The first-order chi connectivity index (χ1) is 13.1. The first-order valence-electron chi connectivity index (χ1n) is 8.62. The maximum atomic E-state index is 12.2. The van der Waals surface area contributed by atoms with Crippen LogP contribution in [-0.2, 0) is 17.6 Å². The molecule has 2 aromatic carbocycles. The quantitative estimate of drug-likeness (QED) is 0.593. The van der Waals surface area contributed by atoms with E-state index in [0.717, 1.165) is 17.5 Å². The normalized spacial score (nSPS) is 18.2. The van der Waals surface area contributed by atoms with E-state index in [4.69, 9.17) is 4.74 Å². The van der Waals surface area contributed by atoms with E-state index in [2.05, 4.69) is 46.7 Å². The Kier molecular flexibility index (Phi) is 6.13. The molecule has 0 radical (unpaired) electrons. The summed E-state index contributed by atoms with van der Waals surface area (Å²) in [6, 6.07) is 13.2. The Morgan fingerprint density at radius 2 is 1.96 bits per heavy atom. The molecular weight excluding hydrogens is 362 g/mol. The molecule has 140 valence electrons. The van der Waals surface area contributed by atoms with Crippen molar-refractivity contribution in [3.8, 4) is 11.5 Å². The number of nitrogens with zero attached hydrogens (tertiary/aromatic N) is 2. The zero-order valence-corrected chi connectivity index (χ0v) is 16.0. The van der Waals surface area contributed by atoms with Gasteiger partial charge in [-0.1, -0.05) is 43.0 Å². The minimum absolute atomic E-state index is 0.0557. The van der Waals surface area contributed by atoms with Gasteiger partial charge in [-0.3, -0.25) is 4.79 Å². The number of carbonyl (C=O) groups excluding carboxylic acids is 1. The number of methoxy groups -OCH3 is 1. The number of hydrogen-bond donors (Lipinski definition) is 2. The van der Waals surface area contributed by atoms with Crippen molar-refractivity contribution in [3.63, 3.8) is 0 Å². The fourth-order valence-corrected chi connectivity index (χ4v) is 3.60. The third-order valence-corrected chi connectivity index (χ3v) is 5.26. The summed E-state index contributed by atoms with van der Waals surface area (Å²) >= 11 is 1.38. The molecule has 27 heavy (non-hydrogen) atoms. The molecular formula is C20H21N3O3S. The number of benzene rings is 2. The minimum atomic E-state index is -0.208. The number of amidine groups is 1. The predicted octanol–water partition coefficient (Wildman–Crippen LogP) is 3.13. The van der Waals surface area contributed by atoms with Crippen molar-refractivity contribution in [2.75, 3.05) is 7.11 Å². The Hall–Kier alpha value is -2.80. The summed E-state index contributed by atoms with van der Waals surface area (Å²) in [6.07, 6.45) is 3.19. The Morgan fingerprint density at radius 1 is 1.22 bits per heavy atom. The summed E-state index contributed by atoms with van der Waals surface area (Å²) in [7, 11) is 1.48. The largest absolute Gasteiger partial charge is 0.504 e. The molecule has 1 amide bonds. The summed E-state index contributed by atoms with van der Waals surface area (Å²) in [4.78, 5) is 12.2. The molecule has 6 nitrogen and oxygen atoms in total. The molecule has 2 N–H and O–H groups in total. The minimum Gasteiger partial charge on any atom is -0.504 e. The molecule has 7 heteroatoms. The van der Waals surface area contributed by atoms with Gasteiger partial charge in [-0.2, -0.15) is 5.10 Å². The lowest BCUT2D eigenvalue weighted by molar-refractivity contribution is -0.118. The number of amides is 1. The van der Waals surface area contributed by atoms with Crippen LogP contribution in [0.3, 0.4) is 0 Å². The summed E-state index contributed by atoms with van der Waals surface area (Å²) in [5, 5.41) is 20.7. The average molecular weight is 383 g/mol. The van der Waals surface area contributed by atoms with Gasteiger partial charge in [0.1, 0.15) is 0 Å². The maximum Gasteiger partial charge on any atom is 0.239 e. The summed E-state index contributed by atoms with van der Waals surface area (Å²) in [5.74, 6) is 0.374. The summed E-state index contributed by atoms with van der Waals surface area (Å²) in [5.41, 5.74) is 3.14. The van der Waals surface area contributed by atoms with Crippen LogP contribution in [0.5, 0.6) is 11.5 Å². The monoisotopic (exact) mass is 383 g/mol. The zero-order valence-electron chi connectivity index (χ0n) is 15.2. The SMILES string of the molecule is CCc1ccc(CC2SC(=NN=Cc3ccc(O)c(OC)c3)NC2=O)cc1. The molecule has 0 bridgehead atoms. The number of carbonyl (C=O) groups is 1. The van der Waals surface area contributed by atoms with Crippen LogP contribution >= 0.6 is 11.8 Å². The first-order valence-corrected chi connectivity index (χ1v) is 9.50. The number of hydrogen-bond acceptors (Lipinski definition) is 6. The number of ether oxygens (including phenoxy) is 1. The summed E-state index contributed by atoms with van der Waals surface area (Å²) < 4.78 is 5.06. The van der Waals surface area contributed by atoms with Crippen molar-refractivity contribution in [1.82, 2.24) is 5.32 Å². The van der Waals surface area contributed by atoms with Crippen molar-refractivity contribution in [2.24, 2.45) is 10.2 Å². The van der Waals surface area contributed by atoms with E-state index in [1.807, 2.05) is 0 Å². The van der Waals surface area contributed by atoms with E-state index in [-0.39, 0.29) is 16.9 Å². The van der Waals surface area contributed by atoms with E-state index in [0.29, 0.717) is 17.3 Å². The van der Waals surface area contributed by atoms with E-state index in [1.54, 1.807) is 18.3 Å². The second-order valence-electron chi connectivity index (χ2n) is 6.05. The highest BCUT2D eigenvalue weighted by atomic mass is 32.2. The topological polar surface area (TPSA) is 83.3 Å². The molecule has 1 atom stereocenters. The molecule has 1 aliphatic rings. The highest BCUT2D eigenvalue weighted by molar-refractivity contribution is 8.15. The highest BCUT2D eigenvalue weighted by Gasteiger charge is 2.30. The Bertz CT molecular complexity index is 879. The standard InChI is InChI=1S/C20H21N3O3S/c1-3-13-4-6-14(7-5-13)11-18-19(25)22-20(27-18)23-21-12-15-8-9-16(24)17(10-15)26-2/h4-10,12,18,24H,3,11H2,1-2H3,(H,22,23,25). The Balaban J connectivity index is 1.62. The maximum absolute atomic E-state index is 12.2. The fraction of sp³-hybridized carbons (Fsp3) is 0.250. The molecule has 0 aromatic heterocycles. The molecule has 0 saturated carbocycles. The second kappa shape index (κ2) is 8.73. The number of aryl methyl sites for hydroxylation is 1. The van der Waals surface area contributed by atoms with Gasteiger partial charge in [0.2, 0.25) is 5.91 Å². The molecule has 0 spiro atoms. The van der Waals surface area contributed by atoms with Gasteiger partial charge in [-0.05, 0) is 47.7 Å². The number of phenolic OH excluding ortho intramolecular Hbond substituents is 1. The van der Waals surface area contributed by atoms with Crippen LogP contribution in [0.25, 0.3) is 0 Å². The van der Waals surface area contributed by atoms with Crippen LogP contribution in [0.2, 0.25) is 0 Å². The third-order valence-electron chi connectivity index (χ3n) is 4.19. The Labute approximate surface area is 162 Å². The van der Waals surface area contributed by atoms with Gasteiger partial charge in [-0.15, -0.1) is 5.10 Å². The lowest BCUT2D eigenvalue weighted by Gasteiger charge is -2.06. The van der Waals surface area contributed by atoms with Crippen LogP contribution < -0.4 is 10.1 Å². The van der Waals surface area contributed by atoms with Crippen LogP contribution in [-0.4, -0.2) is 34.8 Å². The molecule has 3 rings (SSSR count). The molecule has 1 fully saturated rings. The van der Waals surface area contributed by atoms with Crippen molar-refractivity contribution in [2.45, 2.75) is 25.0 Å². The number of thioether (sulfide) groups is 1. The van der Waals surface area contributed by atoms with Crippen LogP contribution in [0.1, 0.15) is 23.6 Å². The van der Waals surface area contributed by atoms with Crippen molar-refractivity contribution in [1.29, 1.82) is 0 Å². The number of phenols is 1. The van der Waals surface area contributed by atoms with Gasteiger partial charge in [-0.25, -0.2) is 0 Å². The van der Waals surface area contributed by atoms with Gasteiger partial charge < -0.3 is 15.2 Å². The average Bonchev–Trinajstić information content (AvgIpc) is 3.03. The molecule has 1 unspecified atom stereocenters. The van der Waals surface area contributed by atoms with Gasteiger partial charge in [0.05, 0.1) is 18.6 Å². The fourth-order valence-electron chi connectivity index (χ4n) is 2.63. The van der Waals surface area contributed by atoms with Crippen molar-refractivity contribution >= 4 is 29.1 Å². The lowest BCUT2D eigenvalue weighted by atomic mass is 10.1. The van der Waals surface area contributed by atoms with E-state index < -0.39 is 0 Å². The smallest absolute Gasteiger partial charge is 0.239 e. The van der Waals surface area contributed by atoms with Crippen molar-refractivity contribution in [3.05, 3.63) is 59.2 Å². The zero-order chi connectivity index (χ0) is 19.2. The van der Waals surface area contributed by atoms with E-state index in [9.17, 15) is 9.90 Å². The van der Waals surface area contributed by atoms with E-state index in [1.165, 1.54) is 30.5 Å². The number of nitrogens with one attached hydrogen (secondary N) is 1. The number of rotatable bonds is 6. The lowest BCUT2D eigenvalue weighted by Crippen LogP contribution is -2.25. The third kappa shape index (κ3) is 4.89. The molecule has 1 heterocycles. The number of aromatic hydroxyl groups is 1. The molecule has 0 aliphatic carbocycles. The van der Waals surface area contributed by atoms with Gasteiger partial charge in [0.25, 0.3) is 0 Å². The predicted molar refractivity (Wildman–Crippen MR) is 109 cm³/mol. The van der Waals surface area contributed by atoms with Crippen LogP contribution in [0, 0.1) is 0 Å².